The number of aryl methyl sites for hydroxylation is 1. The van der Waals surface area contributed by atoms with Crippen molar-refractivity contribution in [2.45, 2.75) is 6.42 Å². The van der Waals surface area contributed by atoms with Crippen molar-refractivity contribution in [2.24, 2.45) is 7.05 Å². The van der Waals surface area contributed by atoms with Crippen molar-refractivity contribution < 1.29 is 0 Å². The molecule has 0 saturated carbocycles. The maximum atomic E-state index is 5.57. The molecule has 0 radical (unpaired) electrons. The summed E-state index contributed by atoms with van der Waals surface area (Å²) >= 11 is 5.57. The number of halogens is 1. The van der Waals surface area contributed by atoms with E-state index in [0.717, 1.165) is 13.0 Å². The van der Waals surface area contributed by atoms with E-state index in [-0.39, 0.29) is 0 Å². The predicted molar refractivity (Wildman–Crippen MR) is 65.3 cm³/mol. The Bertz CT molecular complexity index is 448. The zero-order valence-electron chi connectivity index (χ0n) is 8.83. The monoisotopic (exact) mass is 222 g/mol. The Labute approximate surface area is 94.8 Å². The number of fused-ring (bicyclic) bond motifs is 1. The van der Waals surface area contributed by atoms with Crippen molar-refractivity contribution in [1.82, 2.24) is 9.88 Å². The molecule has 0 amide bonds. The summed E-state index contributed by atoms with van der Waals surface area (Å²) in [5, 5.41) is 4.47. The fourth-order valence-electron chi connectivity index (χ4n) is 1.91. The van der Waals surface area contributed by atoms with Crippen LogP contribution < -0.4 is 5.32 Å². The van der Waals surface area contributed by atoms with Gasteiger partial charge >= 0.3 is 0 Å². The Morgan fingerprint density at radius 2 is 2.13 bits per heavy atom. The van der Waals surface area contributed by atoms with Crippen LogP contribution in [0, 0.1) is 0 Å². The van der Waals surface area contributed by atoms with E-state index in [1.807, 2.05) is 0 Å². The molecule has 1 N–H and O–H groups in total. The summed E-state index contributed by atoms with van der Waals surface area (Å²) in [4.78, 5) is 0. The van der Waals surface area contributed by atoms with Gasteiger partial charge < -0.3 is 9.88 Å². The Kier molecular flexibility index (Phi) is 3.29. The van der Waals surface area contributed by atoms with Crippen LogP contribution in [0.2, 0.25) is 0 Å². The zero-order chi connectivity index (χ0) is 10.7. The summed E-state index contributed by atoms with van der Waals surface area (Å²) in [5.41, 5.74) is 2.67. The average molecular weight is 223 g/mol. The van der Waals surface area contributed by atoms with E-state index in [1.165, 1.54) is 16.5 Å². The van der Waals surface area contributed by atoms with Gasteiger partial charge in [0.05, 0.1) is 6.00 Å². The minimum Gasteiger partial charge on any atom is -0.350 e. The van der Waals surface area contributed by atoms with Crippen LogP contribution in [0.5, 0.6) is 0 Å². The summed E-state index contributed by atoms with van der Waals surface area (Å²) in [7, 11) is 2.08. The van der Waals surface area contributed by atoms with Crippen molar-refractivity contribution in [3.63, 3.8) is 0 Å². The summed E-state index contributed by atoms with van der Waals surface area (Å²) in [6.07, 6.45) is 3.22. The fraction of sp³-hybridized carbons (Fsp3) is 0.333. The van der Waals surface area contributed by atoms with Crippen LogP contribution in [0.4, 0.5) is 0 Å². The number of alkyl halides is 1. The molecule has 0 unspecified atom stereocenters. The summed E-state index contributed by atoms with van der Waals surface area (Å²) in [5.74, 6) is 0. The first-order chi connectivity index (χ1) is 7.33. The third-order valence-electron chi connectivity index (χ3n) is 2.65. The fourth-order valence-corrected chi connectivity index (χ4v) is 2.05. The van der Waals surface area contributed by atoms with Gasteiger partial charge in [0.2, 0.25) is 0 Å². The van der Waals surface area contributed by atoms with Crippen molar-refractivity contribution >= 4 is 22.5 Å². The van der Waals surface area contributed by atoms with Gasteiger partial charge in [-0.3, -0.25) is 0 Å². The Balaban J connectivity index is 2.27. The molecule has 1 heterocycles. The van der Waals surface area contributed by atoms with Gasteiger partial charge in [-0.2, -0.15) is 0 Å². The number of rotatable bonds is 4. The lowest BCUT2D eigenvalue weighted by Gasteiger charge is -1.99. The van der Waals surface area contributed by atoms with Crippen LogP contribution in [-0.2, 0) is 13.5 Å². The molecule has 0 saturated heterocycles. The third kappa shape index (κ3) is 2.16. The molecule has 3 heteroatoms. The van der Waals surface area contributed by atoms with E-state index in [9.17, 15) is 0 Å². The second kappa shape index (κ2) is 4.69. The first-order valence-electron chi connectivity index (χ1n) is 5.12. The number of benzene rings is 1. The van der Waals surface area contributed by atoms with E-state index in [2.05, 4.69) is 47.4 Å². The zero-order valence-corrected chi connectivity index (χ0v) is 9.59. The second-order valence-corrected chi connectivity index (χ2v) is 3.93. The van der Waals surface area contributed by atoms with Gasteiger partial charge in [-0.05, 0) is 18.1 Å². The normalized spacial score (nSPS) is 11.1. The molecule has 0 aliphatic rings. The van der Waals surface area contributed by atoms with Crippen LogP contribution in [0.15, 0.2) is 30.5 Å². The molecule has 0 bridgehead atoms. The molecule has 0 spiro atoms. The highest BCUT2D eigenvalue weighted by Gasteiger charge is 2.04. The molecule has 2 rings (SSSR count). The van der Waals surface area contributed by atoms with Gasteiger partial charge in [-0.15, -0.1) is 11.6 Å². The minimum absolute atomic E-state index is 0.519. The van der Waals surface area contributed by atoms with Crippen LogP contribution in [0.1, 0.15) is 5.56 Å². The maximum Gasteiger partial charge on any atom is 0.0713 e. The summed E-state index contributed by atoms with van der Waals surface area (Å²) in [6, 6.07) is 8.99. The van der Waals surface area contributed by atoms with Crippen LogP contribution in [0.25, 0.3) is 10.9 Å². The second-order valence-electron chi connectivity index (χ2n) is 3.67. The number of para-hydroxylation sites is 1. The molecular weight excluding hydrogens is 208 g/mol. The molecule has 0 aliphatic carbocycles. The molecule has 80 valence electrons. The Hall–Kier alpha value is -0.990. The molecule has 0 atom stereocenters. The number of hydrogen-bond donors (Lipinski definition) is 1. The molecular formula is C12H15ClN2. The van der Waals surface area contributed by atoms with Gasteiger partial charge in [0.15, 0.2) is 0 Å². The molecule has 0 aliphatic heterocycles. The third-order valence-corrected chi connectivity index (χ3v) is 2.83. The predicted octanol–water partition coefficient (Wildman–Crippen LogP) is 2.51. The minimum atomic E-state index is 0.519. The number of nitrogens with one attached hydrogen (secondary N) is 1. The summed E-state index contributed by atoms with van der Waals surface area (Å²) < 4.78 is 2.17. The number of nitrogens with zero attached hydrogens (tertiary/aromatic N) is 1. The smallest absolute Gasteiger partial charge is 0.0713 e. The quantitative estimate of drug-likeness (QED) is 0.478. The standard InChI is InChI=1S/C12H15ClN2/c1-15-8-10(6-7-14-9-13)11-4-2-3-5-12(11)15/h2-5,8,14H,6-7,9H2,1H3. The van der Waals surface area contributed by atoms with E-state index < -0.39 is 0 Å². The SMILES string of the molecule is Cn1cc(CCNCCl)c2ccccc21. The van der Waals surface area contributed by atoms with E-state index in [0.29, 0.717) is 6.00 Å². The van der Waals surface area contributed by atoms with Crippen LogP contribution in [0.3, 0.4) is 0 Å². The first kappa shape index (κ1) is 10.5. The lowest BCUT2D eigenvalue weighted by atomic mass is 10.1. The van der Waals surface area contributed by atoms with Gasteiger partial charge in [0, 0.05) is 30.7 Å². The van der Waals surface area contributed by atoms with Crippen LogP contribution >= 0.6 is 11.6 Å². The number of hydrogen-bond acceptors (Lipinski definition) is 1. The lowest BCUT2D eigenvalue weighted by molar-refractivity contribution is 0.770. The highest BCUT2D eigenvalue weighted by Crippen LogP contribution is 2.20. The number of aromatic nitrogens is 1. The highest BCUT2D eigenvalue weighted by atomic mass is 35.5. The Morgan fingerprint density at radius 1 is 1.33 bits per heavy atom. The topological polar surface area (TPSA) is 17.0 Å². The highest BCUT2D eigenvalue weighted by molar-refractivity contribution is 6.17. The van der Waals surface area contributed by atoms with Gasteiger partial charge in [-0.25, -0.2) is 0 Å². The average Bonchev–Trinajstić information content (AvgIpc) is 2.58. The first-order valence-corrected chi connectivity index (χ1v) is 5.66. The Morgan fingerprint density at radius 3 is 2.93 bits per heavy atom. The van der Waals surface area contributed by atoms with Crippen LogP contribution in [-0.4, -0.2) is 17.1 Å². The molecule has 15 heavy (non-hydrogen) atoms. The van der Waals surface area contributed by atoms with Crippen molar-refractivity contribution in [1.29, 1.82) is 0 Å². The van der Waals surface area contributed by atoms with Crippen molar-refractivity contribution in [3.8, 4) is 0 Å². The molecule has 1 aromatic heterocycles. The molecule has 2 nitrogen and oxygen atoms in total. The van der Waals surface area contributed by atoms with E-state index >= 15 is 0 Å². The van der Waals surface area contributed by atoms with Gasteiger partial charge in [-0.1, -0.05) is 18.2 Å². The van der Waals surface area contributed by atoms with Crippen molar-refractivity contribution in [3.05, 3.63) is 36.0 Å². The molecule has 2 aromatic rings. The van der Waals surface area contributed by atoms with Gasteiger partial charge in [0.1, 0.15) is 0 Å². The van der Waals surface area contributed by atoms with E-state index in [4.69, 9.17) is 11.6 Å². The largest absolute Gasteiger partial charge is 0.350 e. The maximum absolute atomic E-state index is 5.57. The molecule has 1 aromatic carbocycles. The van der Waals surface area contributed by atoms with Crippen molar-refractivity contribution in [2.75, 3.05) is 12.5 Å². The van der Waals surface area contributed by atoms with Gasteiger partial charge in [0.25, 0.3) is 0 Å². The lowest BCUT2D eigenvalue weighted by Crippen LogP contribution is -2.14. The van der Waals surface area contributed by atoms with E-state index in [1.54, 1.807) is 0 Å². The summed E-state index contributed by atoms with van der Waals surface area (Å²) in [6.45, 7) is 0.928. The molecule has 0 fully saturated rings.